The number of para-hydroxylation sites is 1. The average molecular weight is 519 g/mol. The standard InChI is InChI=1S/C24H28N4O3.H2O4S/c1-15(2)14-31-24(30)28(17-10-11-25-13-17)23-18-9-8-16(3)12-20(18)26-22(27-23)19-6-4-5-7-21(19)29;1-5(2,3)4/h4-9,12,15,17,25,29H,10-11,13-14H2,1-3H3;(H2,1,2,3,4)/t17-;/m1./s1. The van der Waals surface area contributed by atoms with E-state index in [4.69, 9.17) is 32.2 Å². The largest absolute Gasteiger partial charge is 0.507 e. The number of hydrogen-bond acceptors (Lipinski definition) is 8. The first-order valence-corrected chi connectivity index (χ1v) is 12.8. The Balaban J connectivity index is 0.000000658. The molecule has 0 radical (unpaired) electrons. The van der Waals surface area contributed by atoms with Gasteiger partial charge in [0, 0.05) is 11.9 Å². The van der Waals surface area contributed by atoms with E-state index in [1.54, 1.807) is 23.1 Å². The Kier molecular flexibility index (Phi) is 8.79. The Labute approximate surface area is 209 Å². The highest BCUT2D eigenvalue weighted by Crippen LogP contribution is 2.33. The third kappa shape index (κ3) is 7.34. The number of aryl methyl sites for hydroxylation is 1. The summed E-state index contributed by atoms with van der Waals surface area (Å²) in [6.45, 7) is 7.84. The van der Waals surface area contributed by atoms with Crippen LogP contribution < -0.4 is 10.2 Å². The van der Waals surface area contributed by atoms with Crippen LogP contribution in [0.2, 0.25) is 0 Å². The fourth-order valence-electron chi connectivity index (χ4n) is 3.77. The van der Waals surface area contributed by atoms with Gasteiger partial charge in [0.2, 0.25) is 0 Å². The number of carbonyl (C=O) groups excluding carboxylic acids is 1. The van der Waals surface area contributed by atoms with E-state index in [0.29, 0.717) is 30.4 Å². The van der Waals surface area contributed by atoms with E-state index in [2.05, 4.69) is 5.32 Å². The fraction of sp³-hybridized carbons (Fsp3) is 0.375. The van der Waals surface area contributed by atoms with E-state index in [1.807, 2.05) is 45.0 Å². The van der Waals surface area contributed by atoms with Crippen LogP contribution in [0.5, 0.6) is 5.75 Å². The zero-order chi connectivity index (χ0) is 26.5. The number of fused-ring (bicyclic) bond motifs is 1. The van der Waals surface area contributed by atoms with Gasteiger partial charge in [0.05, 0.1) is 23.7 Å². The van der Waals surface area contributed by atoms with Crippen LogP contribution >= 0.6 is 0 Å². The molecule has 11 nitrogen and oxygen atoms in total. The second-order valence-corrected chi connectivity index (χ2v) is 9.74. The number of aromatic hydroxyl groups is 1. The third-order valence-electron chi connectivity index (χ3n) is 5.34. The van der Waals surface area contributed by atoms with Crippen LogP contribution in [0.15, 0.2) is 42.5 Å². The SMILES string of the molecule is Cc1ccc2c(N(C(=O)OCC(C)C)[C@@H]3CCNC3)nc(-c3ccccc3O)nc2c1.O=S(=O)(O)O. The van der Waals surface area contributed by atoms with Gasteiger partial charge in [-0.1, -0.05) is 32.0 Å². The van der Waals surface area contributed by atoms with Crippen molar-refractivity contribution < 1.29 is 32.2 Å². The number of ether oxygens (including phenoxy) is 1. The summed E-state index contributed by atoms with van der Waals surface area (Å²) < 4.78 is 37.2. The first-order valence-electron chi connectivity index (χ1n) is 11.4. The maximum Gasteiger partial charge on any atom is 0.415 e. The summed E-state index contributed by atoms with van der Waals surface area (Å²) in [4.78, 5) is 24.4. The van der Waals surface area contributed by atoms with E-state index >= 15 is 0 Å². The minimum Gasteiger partial charge on any atom is -0.507 e. The van der Waals surface area contributed by atoms with E-state index < -0.39 is 16.5 Å². The van der Waals surface area contributed by atoms with Crippen LogP contribution in [0.25, 0.3) is 22.3 Å². The van der Waals surface area contributed by atoms with Crippen molar-refractivity contribution in [3.8, 4) is 17.1 Å². The zero-order valence-electron chi connectivity index (χ0n) is 20.2. The zero-order valence-corrected chi connectivity index (χ0v) is 21.1. The lowest BCUT2D eigenvalue weighted by Gasteiger charge is -2.28. The van der Waals surface area contributed by atoms with Gasteiger partial charge < -0.3 is 15.2 Å². The topological polar surface area (TPSA) is 162 Å². The molecule has 4 rings (SSSR count). The van der Waals surface area contributed by atoms with Crippen LogP contribution in [0, 0.1) is 12.8 Å². The number of hydrogen-bond donors (Lipinski definition) is 4. The highest BCUT2D eigenvalue weighted by atomic mass is 32.3. The molecule has 36 heavy (non-hydrogen) atoms. The van der Waals surface area contributed by atoms with Gasteiger partial charge in [-0.05, 0) is 55.6 Å². The van der Waals surface area contributed by atoms with Gasteiger partial charge in [0.1, 0.15) is 11.6 Å². The molecule has 0 unspecified atom stereocenters. The number of rotatable bonds is 5. The molecule has 12 heteroatoms. The fourth-order valence-corrected chi connectivity index (χ4v) is 3.77. The molecule has 1 atom stereocenters. The highest BCUT2D eigenvalue weighted by Gasteiger charge is 2.32. The number of aromatic nitrogens is 2. The van der Waals surface area contributed by atoms with Crippen LogP contribution in [0.4, 0.5) is 10.6 Å². The quantitative estimate of drug-likeness (QED) is 0.367. The smallest absolute Gasteiger partial charge is 0.415 e. The Bertz CT molecular complexity index is 1320. The summed E-state index contributed by atoms with van der Waals surface area (Å²) in [6.07, 6.45) is 0.395. The molecule has 1 saturated heterocycles. The lowest BCUT2D eigenvalue weighted by Crippen LogP contribution is -2.43. The summed E-state index contributed by atoms with van der Waals surface area (Å²) in [6, 6.07) is 12.8. The van der Waals surface area contributed by atoms with E-state index in [0.717, 1.165) is 29.4 Å². The highest BCUT2D eigenvalue weighted by molar-refractivity contribution is 7.79. The van der Waals surface area contributed by atoms with E-state index in [-0.39, 0.29) is 17.7 Å². The molecule has 0 spiro atoms. The first kappa shape index (κ1) is 27.3. The molecular formula is C24H30N4O7S. The summed E-state index contributed by atoms with van der Waals surface area (Å²) in [5.41, 5.74) is 2.29. The number of carbonyl (C=O) groups is 1. The molecule has 1 aliphatic rings. The second-order valence-electron chi connectivity index (χ2n) is 8.84. The third-order valence-corrected chi connectivity index (χ3v) is 5.34. The van der Waals surface area contributed by atoms with Crippen LogP contribution in [0.3, 0.4) is 0 Å². The predicted molar refractivity (Wildman–Crippen MR) is 135 cm³/mol. The number of benzene rings is 2. The summed E-state index contributed by atoms with van der Waals surface area (Å²) >= 11 is 0. The van der Waals surface area contributed by atoms with Crippen molar-refractivity contribution in [1.82, 2.24) is 15.3 Å². The van der Waals surface area contributed by atoms with Gasteiger partial charge in [0.15, 0.2) is 5.82 Å². The van der Waals surface area contributed by atoms with E-state index in [9.17, 15) is 9.90 Å². The molecule has 2 aromatic carbocycles. The van der Waals surface area contributed by atoms with Crippen molar-refractivity contribution in [3.63, 3.8) is 0 Å². The molecule has 1 fully saturated rings. The molecule has 1 aromatic heterocycles. The maximum absolute atomic E-state index is 13.2. The number of phenolic OH excluding ortho intramolecular Hbond substituents is 1. The molecule has 4 N–H and O–H groups in total. The maximum atomic E-state index is 13.2. The number of amides is 1. The molecule has 3 aromatic rings. The summed E-state index contributed by atoms with van der Waals surface area (Å²) in [5.74, 6) is 1.20. The van der Waals surface area contributed by atoms with Gasteiger partial charge in [-0.2, -0.15) is 8.42 Å². The van der Waals surface area contributed by atoms with Crippen molar-refractivity contribution in [3.05, 3.63) is 48.0 Å². The van der Waals surface area contributed by atoms with Crippen molar-refractivity contribution in [1.29, 1.82) is 0 Å². The first-order chi connectivity index (χ1) is 16.9. The Hall–Kier alpha value is -3.32. The van der Waals surface area contributed by atoms with Crippen molar-refractivity contribution >= 4 is 33.2 Å². The lowest BCUT2D eigenvalue weighted by molar-refractivity contribution is 0.138. The minimum absolute atomic E-state index is 0.0729. The molecule has 0 aliphatic carbocycles. The van der Waals surface area contributed by atoms with Gasteiger partial charge in [-0.3, -0.25) is 14.0 Å². The number of phenols is 1. The molecule has 0 saturated carbocycles. The average Bonchev–Trinajstić information content (AvgIpc) is 3.31. The van der Waals surface area contributed by atoms with Crippen molar-refractivity contribution in [2.75, 3.05) is 24.6 Å². The van der Waals surface area contributed by atoms with Crippen molar-refractivity contribution in [2.24, 2.45) is 5.92 Å². The molecular weight excluding hydrogens is 488 g/mol. The van der Waals surface area contributed by atoms with Gasteiger partial charge in [0.25, 0.3) is 0 Å². The minimum atomic E-state index is -4.67. The van der Waals surface area contributed by atoms with Crippen LogP contribution in [-0.4, -0.2) is 64.4 Å². The predicted octanol–water partition coefficient (Wildman–Crippen LogP) is 3.62. The number of nitrogens with zero attached hydrogens (tertiary/aromatic N) is 3. The lowest BCUT2D eigenvalue weighted by atomic mass is 10.1. The van der Waals surface area contributed by atoms with Crippen molar-refractivity contribution in [2.45, 2.75) is 33.2 Å². The normalized spacial score (nSPS) is 15.4. The summed E-state index contributed by atoms with van der Waals surface area (Å²) in [7, 11) is -4.67. The Morgan fingerprint density at radius 1 is 1.19 bits per heavy atom. The molecule has 2 heterocycles. The van der Waals surface area contributed by atoms with E-state index in [1.165, 1.54) is 0 Å². The second kappa shape index (κ2) is 11.6. The number of nitrogens with one attached hydrogen (secondary N) is 1. The Morgan fingerprint density at radius 2 is 1.89 bits per heavy atom. The molecule has 1 amide bonds. The van der Waals surface area contributed by atoms with Gasteiger partial charge in [-0.25, -0.2) is 14.8 Å². The summed E-state index contributed by atoms with van der Waals surface area (Å²) in [5, 5.41) is 14.5. The van der Waals surface area contributed by atoms with Crippen LogP contribution in [-0.2, 0) is 15.1 Å². The molecule has 194 valence electrons. The number of anilines is 1. The van der Waals surface area contributed by atoms with Gasteiger partial charge in [-0.15, -0.1) is 0 Å². The monoisotopic (exact) mass is 518 g/mol. The molecule has 1 aliphatic heterocycles. The van der Waals surface area contributed by atoms with Gasteiger partial charge >= 0.3 is 16.5 Å². The molecule has 0 bridgehead atoms. The van der Waals surface area contributed by atoms with Crippen LogP contribution in [0.1, 0.15) is 25.8 Å². The Morgan fingerprint density at radius 3 is 2.50 bits per heavy atom.